The van der Waals surface area contributed by atoms with Gasteiger partial charge in [-0.15, -0.1) is 0 Å². The van der Waals surface area contributed by atoms with Gasteiger partial charge in [-0.25, -0.2) is 8.78 Å². The smallest absolute Gasteiger partial charge is 0.166 e. The summed E-state index contributed by atoms with van der Waals surface area (Å²) in [4.78, 5) is 0. The van der Waals surface area contributed by atoms with Crippen LogP contribution in [0.5, 0.6) is 0 Å². The van der Waals surface area contributed by atoms with E-state index in [1.165, 1.54) is 5.56 Å². The largest absolute Gasteiger partial charge is 0.352 e. The normalized spacial score (nSPS) is 19.0. The molecule has 0 saturated carbocycles. The average molecular weight is 392 g/mol. The standard InChI is InChI=1S/C25H22F2O2/c1-17-15-28-24(29-16-17)13-9-19-4-2-18(3-5-19)6-7-20-8-11-22-21(14-20)10-12-23(26)25(22)27/h2-5,8,10-12,14,17,24H,9,13,15-16H2,1H3. The monoisotopic (exact) mass is 392 g/mol. The average Bonchev–Trinajstić information content (AvgIpc) is 2.75. The van der Waals surface area contributed by atoms with Crippen molar-refractivity contribution in [2.75, 3.05) is 13.2 Å². The highest BCUT2D eigenvalue weighted by atomic mass is 19.2. The molecule has 3 aromatic carbocycles. The van der Waals surface area contributed by atoms with Crippen molar-refractivity contribution < 1.29 is 18.3 Å². The van der Waals surface area contributed by atoms with Crippen LogP contribution in [0.3, 0.4) is 0 Å². The molecule has 1 saturated heterocycles. The van der Waals surface area contributed by atoms with Crippen LogP contribution in [0.15, 0.2) is 54.6 Å². The van der Waals surface area contributed by atoms with Crippen LogP contribution in [0.4, 0.5) is 8.78 Å². The quantitative estimate of drug-likeness (QED) is 0.551. The Morgan fingerprint density at radius 3 is 2.34 bits per heavy atom. The third-order valence-electron chi connectivity index (χ3n) is 5.01. The van der Waals surface area contributed by atoms with Crippen LogP contribution in [0, 0.1) is 29.4 Å². The minimum absolute atomic E-state index is 0.114. The molecule has 4 heteroatoms. The van der Waals surface area contributed by atoms with Crippen LogP contribution in [0.1, 0.15) is 30.0 Å². The van der Waals surface area contributed by atoms with Gasteiger partial charge in [0.15, 0.2) is 17.9 Å². The molecule has 2 nitrogen and oxygen atoms in total. The Labute approximate surface area is 169 Å². The van der Waals surface area contributed by atoms with E-state index in [4.69, 9.17) is 9.47 Å². The van der Waals surface area contributed by atoms with Gasteiger partial charge in [-0.3, -0.25) is 0 Å². The lowest BCUT2D eigenvalue weighted by Gasteiger charge is -2.27. The summed E-state index contributed by atoms with van der Waals surface area (Å²) in [5.74, 6) is 5.01. The van der Waals surface area contributed by atoms with Crippen molar-refractivity contribution in [3.8, 4) is 11.8 Å². The van der Waals surface area contributed by atoms with Gasteiger partial charge in [0.1, 0.15) is 0 Å². The van der Waals surface area contributed by atoms with E-state index < -0.39 is 11.6 Å². The van der Waals surface area contributed by atoms with Gasteiger partial charge in [-0.2, -0.15) is 0 Å². The summed E-state index contributed by atoms with van der Waals surface area (Å²) >= 11 is 0. The van der Waals surface area contributed by atoms with Gasteiger partial charge in [0.25, 0.3) is 0 Å². The van der Waals surface area contributed by atoms with Crippen LogP contribution in [0.25, 0.3) is 10.8 Å². The van der Waals surface area contributed by atoms with Crippen LogP contribution in [-0.4, -0.2) is 19.5 Å². The van der Waals surface area contributed by atoms with Crippen molar-refractivity contribution in [1.82, 2.24) is 0 Å². The maximum absolute atomic E-state index is 13.8. The lowest BCUT2D eigenvalue weighted by atomic mass is 10.0. The summed E-state index contributed by atoms with van der Waals surface area (Å²) in [6.45, 7) is 3.64. The summed E-state index contributed by atoms with van der Waals surface area (Å²) in [7, 11) is 0. The summed E-state index contributed by atoms with van der Waals surface area (Å²) < 4.78 is 38.5. The Morgan fingerprint density at radius 2 is 1.59 bits per heavy atom. The van der Waals surface area contributed by atoms with Crippen molar-refractivity contribution in [1.29, 1.82) is 0 Å². The molecule has 3 aromatic rings. The molecule has 1 aliphatic rings. The Hall–Kier alpha value is -2.74. The molecule has 1 aliphatic heterocycles. The van der Waals surface area contributed by atoms with Crippen molar-refractivity contribution in [3.63, 3.8) is 0 Å². The summed E-state index contributed by atoms with van der Waals surface area (Å²) in [5.41, 5.74) is 2.87. The minimum Gasteiger partial charge on any atom is -0.352 e. The molecule has 0 atom stereocenters. The predicted molar refractivity (Wildman–Crippen MR) is 109 cm³/mol. The first kappa shape index (κ1) is 19.6. The second kappa shape index (κ2) is 8.73. The first-order valence-electron chi connectivity index (χ1n) is 9.80. The first-order valence-corrected chi connectivity index (χ1v) is 9.80. The molecule has 0 radical (unpaired) electrons. The van der Waals surface area contributed by atoms with E-state index in [0.717, 1.165) is 43.2 Å². The molecule has 0 bridgehead atoms. The SMILES string of the molecule is CC1COC(CCc2ccc(C#Cc3ccc4c(F)c(F)ccc4c3)cc2)OC1. The molecule has 4 rings (SSSR count). The molecular formula is C25H22F2O2. The van der Waals surface area contributed by atoms with Crippen LogP contribution < -0.4 is 0 Å². The second-order valence-corrected chi connectivity index (χ2v) is 7.48. The predicted octanol–water partition coefficient (Wildman–Crippen LogP) is 5.46. The van der Waals surface area contributed by atoms with Gasteiger partial charge in [-0.1, -0.05) is 43.0 Å². The number of hydrogen-bond donors (Lipinski definition) is 0. The number of benzene rings is 3. The lowest BCUT2D eigenvalue weighted by molar-refractivity contribution is -0.199. The molecule has 1 heterocycles. The molecule has 0 N–H and O–H groups in total. The highest BCUT2D eigenvalue weighted by Crippen LogP contribution is 2.21. The fourth-order valence-electron chi connectivity index (χ4n) is 3.33. The first-order chi connectivity index (χ1) is 14.1. The molecule has 148 valence electrons. The van der Waals surface area contributed by atoms with E-state index in [-0.39, 0.29) is 11.7 Å². The van der Waals surface area contributed by atoms with Gasteiger partial charge in [-0.05, 0) is 47.7 Å². The minimum atomic E-state index is -0.840. The summed E-state index contributed by atoms with van der Waals surface area (Å²) in [6.07, 6.45) is 1.61. The Kier molecular flexibility index (Phi) is 5.89. The van der Waals surface area contributed by atoms with E-state index in [1.54, 1.807) is 24.3 Å². The zero-order valence-electron chi connectivity index (χ0n) is 16.3. The van der Waals surface area contributed by atoms with Crippen LogP contribution in [0.2, 0.25) is 0 Å². The molecule has 1 fully saturated rings. The van der Waals surface area contributed by atoms with Crippen molar-refractivity contribution in [2.45, 2.75) is 26.1 Å². The van der Waals surface area contributed by atoms with E-state index in [0.29, 0.717) is 11.3 Å². The molecule has 29 heavy (non-hydrogen) atoms. The Balaban J connectivity index is 1.40. The van der Waals surface area contributed by atoms with E-state index >= 15 is 0 Å². The van der Waals surface area contributed by atoms with Crippen molar-refractivity contribution in [3.05, 3.63) is 82.9 Å². The number of halogens is 2. The number of aryl methyl sites for hydroxylation is 1. The third-order valence-corrected chi connectivity index (χ3v) is 5.01. The van der Waals surface area contributed by atoms with E-state index in [1.807, 2.05) is 12.1 Å². The van der Waals surface area contributed by atoms with E-state index in [2.05, 4.69) is 30.9 Å². The Bertz CT molecular complexity index is 1060. The molecular weight excluding hydrogens is 370 g/mol. The maximum Gasteiger partial charge on any atom is 0.166 e. The third kappa shape index (κ3) is 4.82. The van der Waals surface area contributed by atoms with Gasteiger partial charge < -0.3 is 9.47 Å². The van der Waals surface area contributed by atoms with Gasteiger partial charge in [0.05, 0.1) is 13.2 Å². The molecule has 0 unspecified atom stereocenters. The van der Waals surface area contributed by atoms with Crippen molar-refractivity contribution >= 4 is 10.8 Å². The molecule has 0 amide bonds. The fraction of sp³-hybridized carbons (Fsp3) is 0.280. The summed E-state index contributed by atoms with van der Waals surface area (Å²) in [6, 6.07) is 15.8. The maximum atomic E-state index is 13.8. The van der Waals surface area contributed by atoms with Gasteiger partial charge in [0.2, 0.25) is 0 Å². The van der Waals surface area contributed by atoms with Crippen LogP contribution in [-0.2, 0) is 15.9 Å². The molecule has 0 spiro atoms. The topological polar surface area (TPSA) is 18.5 Å². The van der Waals surface area contributed by atoms with Gasteiger partial charge >= 0.3 is 0 Å². The number of fused-ring (bicyclic) bond motifs is 1. The fourth-order valence-corrected chi connectivity index (χ4v) is 3.33. The van der Waals surface area contributed by atoms with Crippen molar-refractivity contribution in [2.24, 2.45) is 5.92 Å². The number of rotatable bonds is 3. The number of hydrogen-bond acceptors (Lipinski definition) is 2. The second-order valence-electron chi connectivity index (χ2n) is 7.48. The Morgan fingerprint density at radius 1 is 0.897 bits per heavy atom. The van der Waals surface area contributed by atoms with E-state index in [9.17, 15) is 8.78 Å². The van der Waals surface area contributed by atoms with Crippen LogP contribution >= 0.6 is 0 Å². The number of ether oxygens (including phenoxy) is 2. The zero-order chi connectivity index (χ0) is 20.2. The molecule has 0 aromatic heterocycles. The highest BCUT2D eigenvalue weighted by Gasteiger charge is 2.18. The molecule has 0 aliphatic carbocycles. The lowest BCUT2D eigenvalue weighted by Crippen LogP contribution is -2.30. The van der Waals surface area contributed by atoms with Gasteiger partial charge in [0, 0.05) is 28.9 Å². The highest BCUT2D eigenvalue weighted by molar-refractivity contribution is 5.84. The summed E-state index contributed by atoms with van der Waals surface area (Å²) in [5, 5.41) is 0.896. The zero-order valence-corrected chi connectivity index (χ0v) is 16.3.